The normalized spacial score (nSPS) is 14.6. The van der Waals surface area contributed by atoms with Gasteiger partial charge in [0, 0.05) is 18.0 Å². The summed E-state index contributed by atoms with van der Waals surface area (Å²) < 4.78 is 64.8. The topological polar surface area (TPSA) is 12.0 Å². The summed E-state index contributed by atoms with van der Waals surface area (Å²) in [4.78, 5) is 0. The molecule has 1 aromatic rings. The fourth-order valence-corrected chi connectivity index (χ4v) is 1.53. The second-order valence-corrected chi connectivity index (χ2v) is 4.18. The third-order valence-electron chi connectivity index (χ3n) is 2.67. The van der Waals surface area contributed by atoms with Gasteiger partial charge in [-0.25, -0.2) is 8.78 Å². The number of hydrogen-bond donors (Lipinski definition) is 1. The van der Waals surface area contributed by atoms with E-state index in [4.69, 9.17) is 0 Å². The van der Waals surface area contributed by atoms with E-state index in [0.29, 0.717) is 6.07 Å². The van der Waals surface area contributed by atoms with E-state index in [0.717, 1.165) is 18.2 Å². The van der Waals surface area contributed by atoms with Crippen LogP contribution in [0.5, 0.6) is 0 Å². The first kappa shape index (κ1) is 14.9. The van der Waals surface area contributed by atoms with Gasteiger partial charge in [0.2, 0.25) is 0 Å². The molecule has 0 aromatic heterocycles. The van der Waals surface area contributed by atoms with E-state index >= 15 is 0 Å². The van der Waals surface area contributed by atoms with Crippen LogP contribution in [0.15, 0.2) is 24.3 Å². The number of halogens is 5. The molecule has 1 atom stereocenters. The average Bonchev–Trinajstić information content (AvgIpc) is 2.27. The Morgan fingerprint density at radius 2 is 1.67 bits per heavy atom. The molecule has 102 valence electrons. The van der Waals surface area contributed by atoms with Crippen LogP contribution in [0.25, 0.3) is 0 Å². The molecule has 6 heteroatoms. The SMILES string of the molecule is CNC(C)CC(F)(F)c1cccc(C(F)(F)F)c1. The van der Waals surface area contributed by atoms with Gasteiger partial charge in [-0.1, -0.05) is 12.1 Å². The Balaban J connectivity index is 3.02. The van der Waals surface area contributed by atoms with Crippen molar-refractivity contribution in [3.8, 4) is 0 Å². The Kier molecular flexibility index (Phi) is 4.32. The van der Waals surface area contributed by atoms with Crippen LogP contribution in [-0.4, -0.2) is 13.1 Å². The van der Waals surface area contributed by atoms with E-state index in [-0.39, 0.29) is 0 Å². The van der Waals surface area contributed by atoms with Crippen LogP contribution >= 0.6 is 0 Å². The molecule has 0 amide bonds. The van der Waals surface area contributed by atoms with Gasteiger partial charge >= 0.3 is 6.18 Å². The number of hydrogen-bond acceptors (Lipinski definition) is 1. The fraction of sp³-hybridized carbons (Fsp3) is 0.500. The molecule has 0 radical (unpaired) electrons. The minimum Gasteiger partial charge on any atom is -0.317 e. The first-order valence-electron chi connectivity index (χ1n) is 5.39. The van der Waals surface area contributed by atoms with Crippen molar-refractivity contribution in [1.29, 1.82) is 0 Å². The van der Waals surface area contributed by atoms with Gasteiger partial charge in [0.15, 0.2) is 0 Å². The molecule has 0 bridgehead atoms. The molecule has 1 N–H and O–H groups in total. The summed E-state index contributed by atoms with van der Waals surface area (Å²) in [5.74, 6) is -3.29. The molecule has 0 aliphatic rings. The lowest BCUT2D eigenvalue weighted by atomic mass is 9.99. The molecule has 1 unspecified atom stereocenters. The van der Waals surface area contributed by atoms with Gasteiger partial charge in [-0.05, 0) is 26.1 Å². The third kappa shape index (κ3) is 3.66. The first-order chi connectivity index (χ1) is 8.16. The fourth-order valence-electron chi connectivity index (χ4n) is 1.53. The summed E-state index contributed by atoms with van der Waals surface area (Å²) in [5, 5.41) is 2.63. The second kappa shape index (κ2) is 5.22. The summed E-state index contributed by atoms with van der Waals surface area (Å²) in [5.41, 5.74) is -1.67. The Hall–Kier alpha value is -1.17. The largest absolute Gasteiger partial charge is 0.416 e. The molecule has 0 saturated heterocycles. The highest BCUT2D eigenvalue weighted by atomic mass is 19.4. The maximum absolute atomic E-state index is 13.8. The number of alkyl halides is 5. The van der Waals surface area contributed by atoms with Crippen LogP contribution in [0.1, 0.15) is 24.5 Å². The molecule has 0 aliphatic carbocycles. The lowest BCUT2D eigenvalue weighted by molar-refractivity contribution is -0.137. The van der Waals surface area contributed by atoms with Gasteiger partial charge in [0.05, 0.1) is 5.56 Å². The molecule has 0 fully saturated rings. The summed E-state index contributed by atoms with van der Waals surface area (Å²) >= 11 is 0. The van der Waals surface area contributed by atoms with Gasteiger partial charge in [0.25, 0.3) is 5.92 Å². The molecule has 1 aromatic carbocycles. The van der Waals surface area contributed by atoms with Crippen LogP contribution in [0.2, 0.25) is 0 Å². The Labute approximate surface area is 102 Å². The highest BCUT2D eigenvalue weighted by molar-refractivity contribution is 5.28. The minimum absolute atomic E-state index is 0.491. The van der Waals surface area contributed by atoms with Crippen molar-refractivity contribution in [3.63, 3.8) is 0 Å². The van der Waals surface area contributed by atoms with Crippen LogP contribution in [0.3, 0.4) is 0 Å². The van der Waals surface area contributed by atoms with E-state index in [9.17, 15) is 22.0 Å². The van der Waals surface area contributed by atoms with Gasteiger partial charge in [-0.2, -0.15) is 13.2 Å². The summed E-state index contributed by atoms with van der Waals surface area (Å²) in [6.07, 6.45) is -5.16. The predicted octanol–water partition coefficient (Wildman–Crippen LogP) is 3.80. The Morgan fingerprint density at radius 1 is 1.11 bits per heavy atom. The Morgan fingerprint density at radius 3 is 2.17 bits per heavy atom. The lowest BCUT2D eigenvalue weighted by Crippen LogP contribution is -2.29. The van der Waals surface area contributed by atoms with Crippen molar-refractivity contribution in [2.45, 2.75) is 31.5 Å². The van der Waals surface area contributed by atoms with Crippen molar-refractivity contribution in [2.24, 2.45) is 0 Å². The summed E-state index contributed by atoms with van der Waals surface area (Å²) in [7, 11) is 1.52. The second-order valence-electron chi connectivity index (χ2n) is 4.18. The predicted molar refractivity (Wildman–Crippen MR) is 58.5 cm³/mol. The van der Waals surface area contributed by atoms with Gasteiger partial charge in [-0.15, -0.1) is 0 Å². The molecular formula is C12H14F5N. The van der Waals surface area contributed by atoms with Crippen molar-refractivity contribution in [1.82, 2.24) is 5.32 Å². The number of rotatable bonds is 4. The van der Waals surface area contributed by atoms with Crippen molar-refractivity contribution in [2.75, 3.05) is 7.05 Å². The maximum atomic E-state index is 13.8. The Bertz CT molecular complexity index is 400. The molecule has 0 saturated carbocycles. The van der Waals surface area contributed by atoms with E-state index in [2.05, 4.69) is 5.32 Å². The first-order valence-corrected chi connectivity index (χ1v) is 5.39. The van der Waals surface area contributed by atoms with Crippen molar-refractivity contribution in [3.05, 3.63) is 35.4 Å². The molecule has 0 spiro atoms. The van der Waals surface area contributed by atoms with Gasteiger partial charge < -0.3 is 5.32 Å². The highest BCUT2D eigenvalue weighted by Gasteiger charge is 2.36. The van der Waals surface area contributed by atoms with Crippen LogP contribution in [-0.2, 0) is 12.1 Å². The lowest BCUT2D eigenvalue weighted by Gasteiger charge is -2.21. The molecule has 1 rings (SSSR count). The van der Waals surface area contributed by atoms with Crippen molar-refractivity contribution >= 4 is 0 Å². The maximum Gasteiger partial charge on any atom is 0.416 e. The molecule has 0 heterocycles. The van der Waals surface area contributed by atoms with E-state index in [1.54, 1.807) is 6.92 Å². The van der Waals surface area contributed by atoms with Crippen LogP contribution in [0, 0.1) is 0 Å². The molecule has 1 nitrogen and oxygen atoms in total. The summed E-state index contributed by atoms with van der Waals surface area (Å²) in [6, 6.07) is 2.80. The molecule has 0 aliphatic heterocycles. The molecule has 18 heavy (non-hydrogen) atoms. The zero-order valence-electron chi connectivity index (χ0n) is 9.98. The smallest absolute Gasteiger partial charge is 0.317 e. The third-order valence-corrected chi connectivity index (χ3v) is 2.67. The number of nitrogens with one attached hydrogen (secondary N) is 1. The standard InChI is InChI=1S/C12H14F5N/c1-8(18-2)7-11(13,14)9-4-3-5-10(6-9)12(15,16)17/h3-6,8,18H,7H2,1-2H3. The minimum atomic E-state index is -4.61. The van der Waals surface area contributed by atoms with Gasteiger partial charge in [-0.3, -0.25) is 0 Å². The quantitative estimate of drug-likeness (QED) is 0.818. The van der Waals surface area contributed by atoms with Crippen molar-refractivity contribution < 1.29 is 22.0 Å². The molecular weight excluding hydrogens is 253 g/mol. The summed E-state index contributed by atoms with van der Waals surface area (Å²) in [6.45, 7) is 1.54. The monoisotopic (exact) mass is 267 g/mol. The van der Waals surface area contributed by atoms with Gasteiger partial charge in [0.1, 0.15) is 0 Å². The van der Waals surface area contributed by atoms with E-state index in [1.807, 2.05) is 0 Å². The zero-order chi connectivity index (χ0) is 14.0. The van der Waals surface area contributed by atoms with Crippen LogP contribution in [0.4, 0.5) is 22.0 Å². The zero-order valence-corrected chi connectivity index (χ0v) is 9.98. The highest BCUT2D eigenvalue weighted by Crippen LogP contribution is 2.36. The van der Waals surface area contributed by atoms with Crippen LogP contribution < -0.4 is 5.32 Å². The van der Waals surface area contributed by atoms with E-state index < -0.39 is 35.7 Å². The average molecular weight is 267 g/mol. The number of benzene rings is 1. The van der Waals surface area contributed by atoms with E-state index in [1.165, 1.54) is 7.05 Å².